The number of aromatic nitrogens is 1. The molecule has 0 spiro atoms. The summed E-state index contributed by atoms with van der Waals surface area (Å²) in [6.45, 7) is 0. The van der Waals surface area contributed by atoms with Gasteiger partial charge in [0.1, 0.15) is 0 Å². The first-order chi connectivity index (χ1) is 9.22. The first kappa shape index (κ1) is 13.4. The molecule has 1 amide bonds. The second-order valence-electron chi connectivity index (χ2n) is 3.77. The number of anilines is 1. The molecule has 19 heavy (non-hydrogen) atoms. The molecule has 6 heteroatoms. The Kier molecular flexibility index (Phi) is 4.35. The van der Waals surface area contributed by atoms with Crippen molar-refractivity contribution in [2.24, 2.45) is 0 Å². The van der Waals surface area contributed by atoms with E-state index in [0.29, 0.717) is 17.2 Å². The fourth-order valence-corrected chi connectivity index (χ4v) is 2.17. The number of rotatable bonds is 5. The van der Waals surface area contributed by atoms with Crippen LogP contribution >= 0.6 is 11.3 Å². The fourth-order valence-electron chi connectivity index (χ4n) is 1.61. The normalized spacial score (nSPS) is 10.0. The highest BCUT2D eigenvalue weighted by atomic mass is 32.1. The molecule has 2 rings (SSSR count). The fraction of sp³-hybridized carbons (Fsp3) is 0.231. The number of benzene rings is 1. The summed E-state index contributed by atoms with van der Waals surface area (Å²) in [5, 5.41) is 4.65. The molecular weight excluding hydrogens is 264 g/mol. The van der Waals surface area contributed by atoms with Gasteiger partial charge in [0.2, 0.25) is 5.91 Å². The van der Waals surface area contributed by atoms with Crippen molar-refractivity contribution in [3.8, 4) is 11.5 Å². The zero-order chi connectivity index (χ0) is 13.7. The van der Waals surface area contributed by atoms with Gasteiger partial charge in [0.05, 0.1) is 31.8 Å². The average molecular weight is 278 g/mol. The van der Waals surface area contributed by atoms with Gasteiger partial charge < -0.3 is 14.8 Å². The number of methoxy groups -OCH3 is 2. The average Bonchev–Trinajstić information content (AvgIpc) is 2.91. The van der Waals surface area contributed by atoms with Crippen LogP contribution < -0.4 is 14.8 Å². The van der Waals surface area contributed by atoms with E-state index in [1.807, 2.05) is 5.38 Å². The Balaban J connectivity index is 2.04. The summed E-state index contributed by atoms with van der Waals surface area (Å²) in [7, 11) is 3.12. The summed E-state index contributed by atoms with van der Waals surface area (Å²) in [6.07, 6.45) is 0.262. The highest BCUT2D eigenvalue weighted by Gasteiger charge is 2.08. The van der Waals surface area contributed by atoms with E-state index in [1.165, 1.54) is 11.3 Å². The molecule has 0 fully saturated rings. The Morgan fingerprint density at radius 2 is 2.11 bits per heavy atom. The lowest BCUT2D eigenvalue weighted by atomic mass is 10.2. The summed E-state index contributed by atoms with van der Waals surface area (Å²) >= 11 is 1.47. The van der Waals surface area contributed by atoms with Crippen molar-refractivity contribution in [1.29, 1.82) is 0 Å². The first-order valence-electron chi connectivity index (χ1n) is 5.62. The van der Waals surface area contributed by atoms with Crippen LogP contribution in [0.15, 0.2) is 29.1 Å². The van der Waals surface area contributed by atoms with Crippen molar-refractivity contribution < 1.29 is 14.3 Å². The maximum atomic E-state index is 11.8. The van der Waals surface area contributed by atoms with Gasteiger partial charge in [-0.1, -0.05) is 0 Å². The first-order valence-corrected chi connectivity index (χ1v) is 6.56. The Hall–Kier alpha value is -2.08. The molecular formula is C13H14N2O3S. The largest absolute Gasteiger partial charge is 0.493 e. The maximum absolute atomic E-state index is 11.8. The lowest BCUT2D eigenvalue weighted by molar-refractivity contribution is -0.115. The molecule has 0 atom stereocenters. The Morgan fingerprint density at radius 3 is 2.74 bits per heavy atom. The van der Waals surface area contributed by atoms with Gasteiger partial charge in [-0.3, -0.25) is 4.79 Å². The Labute approximate surface area is 115 Å². The molecule has 1 N–H and O–H groups in total. The van der Waals surface area contributed by atoms with Crippen molar-refractivity contribution in [2.75, 3.05) is 19.5 Å². The molecule has 0 aliphatic heterocycles. The highest BCUT2D eigenvalue weighted by molar-refractivity contribution is 7.07. The van der Waals surface area contributed by atoms with E-state index in [-0.39, 0.29) is 12.3 Å². The molecule has 0 saturated heterocycles. The lowest BCUT2D eigenvalue weighted by Crippen LogP contribution is -2.14. The number of nitrogens with zero attached hydrogens (tertiary/aromatic N) is 1. The molecule has 5 nitrogen and oxygen atoms in total. The van der Waals surface area contributed by atoms with E-state index in [2.05, 4.69) is 10.3 Å². The smallest absolute Gasteiger partial charge is 0.230 e. The molecule has 0 saturated carbocycles. The predicted octanol–water partition coefficient (Wildman–Crippen LogP) is 2.34. The Bertz CT molecular complexity index is 555. The van der Waals surface area contributed by atoms with Gasteiger partial charge in [-0.05, 0) is 12.1 Å². The quantitative estimate of drug-likeness (QED) is 0.912. The second-order valence-corrected chi connectivity index (χ2v) is 4.49. The van der Waals surface area contributed by atoms with Gasteiger partial charge >= 0.3 is 0 Å². The number of hydrogen-bond donors (Lipinski definition) is 1. The minimum absolute atomic E-state index is 0.113. The standard InChI is InChI=1S/C13H14N2O3S/c1-17-11-4-3-9(5-12(11)18-2)15-13(16)6-10-7-19-8-14-10/h3-5,7-8H,6H2,1-2H3,(H,15,16). The molecule has 0 unspecified atom stereocenters. The van der Waals surface area contributed by atoms with E-state index in [9.17, 15) is 4.79 Å². The molecule has 0 aliphatic carbocycles. The maximum Gasteiger partial charge on any atom is 0.230 e. The molecule has 100 valence electrons. The third kappa shape index (κ3) is 3.45. The third-order valence-corrected chi connectivity index (χ3v) is 3.13. The van der Waals surface area contributed by atoms with Crippen LogP contribution in [0.2, 0.25) is 0 Å². The molecule has 1 heterocycles. The molecule has 2 aromatic rings. The number of ether oxygens (including phenoxy) is 2. The lowest BCUT2D eigenvalue weighted by Gasteiger charge is -2.10. The van der Waals surface area contributed by atoms with Crippen LogP contribution in [0.4, 0.5) is 5.69 Å². The minimum atomic E-state index is -0.113. The van der Waals surface area contributed by atoms with Crippen molar-refractivity contribution in [1.82, 2.24) is 4.98 Å². The predicted molar refractivity (Wildman–Crippen MR) is 74.0 cm³/mol. The number of amides is 1. The molecule has 0 aliphatic rings. The van der Waals surface area contributed by atoms with E-state index in [0.717, 1.165) is 5.69 Å². The number of nitrogens with one attached hydrogen (secondary N) is 1. The van der Waals surface area contributed by atoms with Gasteiger partial charge in [-0.15, -0.1) is 11.3 Å². The zero-order valence-corrected chi connectivity index (χ0v) is 11.5. The van der Waals surface area contributed by atoms with Gasteiger partial charge in [0, 0.05) is 17.1 Å². The molecule has 0 radical (unpaired) electrons. The van der Waals surface area contributed by atoms with Crippen LogP contribution in [0.25, 0.3) is 0 Å². The van der Waals surface area contributed by atoms with Gasteiger partial charge in [-0.25, -0.2) is 4.98 Å². The minimum Gasteiger partial charge on any atom is -0.493 e. The van der Waals surface area contributed by atoms with Crippen molar-refractivity contribution in [3.05, 3.63) is 34.8 Å². The van der Waals surface area contributed by atoms with Crippen LogP contribution in [-0.4, -0.2) is 25.1 Å². The van der Waals surface area contributed by atoms with E-state index in [4.69, 9.17) is 9.47 Å². The summed E-state index contributed by atoms with van der Waals surface area (Å²) in [4.78, 5) is 15.9. The van der Waals surface area contributed by atoms with Crippen LogP contribution in [0.5, 0.6) is 11.5 Å². The zero-order valence-electron chi connectivity index (χ0n) is 10.7. The summed E-state index contributed by atoms with van der Waals surface area (Å²) in [5.74, 6) is 1.09. The summed E-state index contributed by atoms with van der Waals surface area (Å²) in [6, 6.07) is 5.23. The SMILES string of the molecule is COc1ccc(NC(=O)Cc2cscn2)cc1OC. The summed E-state index contributed by atoms with van der Waals surface area (Å²) in [5.41, 5.74) is 3.14. The van der Waals surface area contributed by atoms with Gasteiger partial charge in [0.15, 0.2) is 11.5 Å². The molecule has 1 aromatic carbocycles. The van der Waals surface area contributed by atoms with Gasteiger partial charge in [0.25, 0.3) is 0 Å². The van der Waals surface area contributed by atoms with Crippen molar-refractivity contribution in [3.63, 3.8) is 0 Å². The highest BCUT2D eigenvalue weighted by Crippen LogP contribution is 2.29. The topological polar surface area (TPSA) is 60.5 Å². The third-order valence-electron chi connectivity index (χ3n) is 2.49. The number of carbonyl (C=O) groups excluding carboxylic acids is 1. The second kappa shape index (κ2) is 6.19. The van der Waals surface area contributed by atoms with Crippen LogP contribution in [0.3, 0.4) is 0 Å². The summed E-state index contributed by atoms with van der Waals surface area (Å²) < 4.78 is 10.3. The molecule has 0 bridgehead atoms. The number of hydrogen-bond acceptors (Lipinski definition) is 5. The van der Waals surface area contributed by atoms with E-state index < -0.39 is 0 Å². The van der Waals surface area contributed by atoms with Crippen LogP contribution in [-0.2, 0) is 11.2 Å². The van der Waals surface area contributed by atoms with Gasteiger partial charge in [-0.2, -0.15) is 0 Å². The van der Waals surface area contributed by atoms with Crippen molar-refractivity contribution >= 4 is 22.9 Å². The van der Waals surface area contributed by atoms with Crippen molar-refractivity contribution in [2.45, 2.75) is 6.42 Å². The van der Waals surface area contributed by atoms with Crippen LogP contribution in [0, 0.1) is 0 Å². The van der Waals surface area contributed by atoms with Crippen LogP contribution in [0.1, 0.15) is 5.69 Å². The van der Waals surface area contributed by atoms with E-state index in [1.54, 1.807) is 37.9 Å². The van der Waals surface area contributed by atoms with E-state index >= 15 is 0 Å². The number of thiazole rings is 1. The number of carbonyl (C=O) groups is 1. The Morgan fingerprint density at radius 1 is 1.32 bits per heavy atom. The molecule has 1 aromatic heterocycles. The monoisotopic (exact) mass is 278 g/mol.